The molecule has 2 atom stereocenters. The number of halogens is 1. The van der Waals surface area contributed by atoms with E-state index in [-0.39, 0.29) is 11.8 Å². The van der Waals surface area contributed by atoms with Gasteiger partial charge in [0, 0.05) is 5.02 Å². The van der Waals surface area contributed by atoms with E-state index in [9.17, 15) is 9.59 Å². The van der Waals surface area contributed by atoms with E-state index in [1.807, 2.05) is 12.1 Å². The number of methoxy groups -OCH3 is 1. The molecule has 0 spiro atoms. The molecule has 0 unspecified atom stereocenters. The largest absolute Gasteiger partial charge is 0.497 e. The lowest BCUT2D eigenvalue weighted by atomic mass is 10.1. The van der Waals surface area contributed by atoms with E-state index in [0.29, 0.717) is 23.0 Å². The standard InChI is InChI=1S/C18H15ClN4O3/c1-26-14-8-6-13(7-9-14)23-17(24)15-16(18(23)25)22(21-20-15)10-11-2-4-12(19)5-3-11/h2-9,15-16H,10H2,1H3/t15-,16+/m0/s1. The van der Waals surface area contributed by atoms with E-state index in [0.717, 1.165) is 5.56 Å². The molecule has 2 aliphatic rings. The molecule has 2 amide bonds. The Balaban J connectivity index is 1.57. The van der Waals surface area contributed by atoms with Crippen LogP contribution in [0.5, 0.6) is 5.75 Å². The average molecular weight is 371 g/mol. The summed E-state index contributed by atoms with van der Waals surface area (Å²) < 4.78 is 5.11. The first-order chi connectivity index (χ1) is 12.6. The lowest BCUT2D eigenvalue weighted by Crippen LogP contribution is -2.39. The Morgan fingerprint density at radius 1 is 1.04 bits per heavy atom. The minimum absolute atomic E-state index is 0.330. The van der Waals surface area contributed by atoms with Crippen LogP contribution in [-0.4, -0.2) is 36.0 Å². The number of rotatable bonds is 4. The Bertz CT molecular complexity index is 882. The van der Waals surface area contributed by atoms with Crippen molar-refractivity contribution in [2.45, 2.75) is 18.6 Å². The average Bonchev–Trinajstić information content (AvgIpc) is 3.17. The van der Waals surface area contributed by atoms with Crippen molar-refractivity contribution in [2.24, 2.45) is 10.3 Å². The Morgan fingerprint density at radius 3 is 2.38 bits per heavy atom. The monoisotopic (exact) mass is 370 g/mol. The van der Waals surface area contributed by atoms with Crippen LogP contribution in [0.4, 0.5) is 5.69 Å². The van der Waals surface area contributed by atoms with E-state index < -0.39 is 12.1 Å². The van der Waals surface area contributed by atoms with Crippen molar-refractivity contribution >= 4 is 29.1 Å². The van der Waals surface area contributed by atoms with Gasteiger partial charge in [-0.15, -0.1) is 0 Å². The van der Waals surface area contributed by atoms with Crippen molar-refractivity contribution in [3.05, 3.63) is 59.1 Å². The van der Waals surface area contributed by atoms with Crippen LogP contribution in [0, 0.1) is 0 Å². The highest BCUT2D eigenvalue weighted by atomic mass is 35.5. The molecular weight excluding hydrogens is 356 g/mol. The summed E-state index contributed by atoms with van der Waals surface area (Å²) in [6.45, 7) is 0.372. The van der Waals surface area contributed by atoms with Gasteiger partial charge in [0.15, 0.2) is 12.1 Å². The van der Waals surface area contributed by atoms with E-state index in [1.165, 1.54) is 4.90 Å². The summed E-state index contributed by atoms with van der Waals surface area (Å²) in [5, 5.41) is 10.2. The molecule has 26 heavy (non-hydrogen) atoms. The summed E-state index contributed by atoms with van der Waals surface area (Å²) in [7, 11) is 1.56. The molecule has 7 nitrogen and oxygen atoms in total. The van der Waals surface area contributed by atoms with Gasteiger partial charge in [0.1, 0.15) is 5.75 Å². The number of fused-ring (bicyclic) bond motifs is 1. The van der Waals surface area contributed by atoms with Crippen LogP contribution in [0.1, 0.15) is 5.56 Å². The molecule has 0 aromatic heterocycles. The van der Waals surface area contributed by atoms with Gasteiger partial charge in [0.2, 0.25) is 0 Å². The van der Waals surface area contributed by atoms with Crippen molar-refractivity contribution in [3.8, 4) is 5.75 Å². The second-order valence-corrected chi connectivity index (χ2v) is 6.46. The molecule has 4 rings (SSSR count). The summed E-state index contributed by atoms with van der Waals surface area (Å²) in [5.41, 5.74) is 1.42. The molecule has 2 aromatic rings. The number of hydrogen-bond donors (Lipinski definition) is 0. The number of nitrogens with zero attached hydrogens (tertiary/aromatic N) is 4. The van der Waals surface area contributed by atoms with Gasteiger partial charge in [0.05, 0.1) is 19.3 Å². The van der Waals surface area contributed by atoms with Crippen molar-refractivity contribution in [2.75, 3.05) is 12.0 Å². The third-order valence-electron chi connectivity index (χ3n) is 4.45. The summed E-state index contributed by atoms with van der Waals surface area (Å²) in [6, 6.07) is 12.5. The number of ether oxygens (including phenoxy) is 1. The third-order valence-corrected chi connectivity index (χ3v) is 4.70. The maximum atomic E-state index is 12.9. The van der Waals surface area contributed by atoms with Gasteiger partial charge >= 0.3 is 0 Å². The van der Waals surface area contributed by atoms with Crippen LogP contribution in [0.25, 0.3) is 0 Å². The van der Waals surface area contributed by atoms with Crippen molar-refractivity contribution < 1.29 is 14.3 Å². The molecule has 8 heteroatoms. The molecule has 2 aromatic carbocycles. The van der Waals surface area contributed by atoms with E-state index >= 15 is 0 Å². The molecule has 0 radical (unpaired) electrons. The van der Waals surface area contributed by atoms with Gasteiger partial charge in [-0.2, -0.15) is 5.11 Å². The molecule has 0 bridgehead atoms. The summed E-state index contributed by atoms with van der Waals surface area (Å²) >= 11 is 5.90. The fourth-order valence-electron chi connectivity index (χ4n) is 3.12. The van der Waals surface area contributed by atoms with Crippen LogP contribution in [-0.2, 0) is 16.1 Å². The van der Waals surface area contributed by atoms with Gasteiger partial charge in [-0.1, -0.05) is 29.0 Å². The lowest BCUT2D eigenvalue weighted by Gasteiger charge is -2.20. The maximum absolute atomic E-state index is 12.9. The zero-order valence-corrected chi connectivity index (χ0v) is 14.6. The fraction of sp³-hybridized carbons (Fsp3) is 0.222. The highest BCUT2D eigenvalue weighted by Gasteiger charge is 2.54. The quantitative estimate of drug-likeness (QED) is 0.775. The normalized spacial score (nSPS) is 21.5. The number of hydrogen-bond acceptors (Lipinski definition) is 6. The maximum Gasteiger partial charge on any atom is 0.263 e. The molecule has 0 N–H and O–H groups in total. The Labute approximate surface area is 154 Å². The molecule has 0 saturated carbocycles. The summed E-state index contributed by atoms with van der Waals surface area (Å²) in [6.07, 6.45) is 0. The number of benzene rings is 2. The fourth-order valence-corrected chi connectivity index (χ4v) is 3.24. The zero-order chi connectivity index (χ0) is 18.3. The number of amides is 2. The number of imide groups is 1. The predicted octanol–water partition coefficient (Wildman–Crippen LogP) is 2.84. The van der Waals surface area contributed by atoms with Gasteiger partial charge in [-0.3, -0.25) is 14.6 Å². The Morgan fingerprint density at radius 2 is 1.73 bits per heavy atom. The van der Waals surface area contributed by atoms with E-state index in [4.69, 9.17) is 16.3 Å². The van der Waals surface area contributed by atoms with Gasteiger partial charge in [-0.05, 0) is 42.0 Å². The first kappa shape index (κ1) is 16.5. The number of carbonyl (C=O) groups excluding carboxylic acids is 2. The van der Waals surface area contributed by atoms with Gasteiger partial charge in [-0.25, -0.2) is 4.90 Å². The van der Waals surface area contributed by atoms with Crippen LogP contribution in [0.15, 0.2) is 58.9 Å². The second-order valence-electron chi connectivity index (χ2n) is 6.03. The summed E-state index contributed by atoms with van der Waals surface area (Å²) in [5.74, 6) is -0.0475. The predicted molar refractivity (Wildman–Crippen MR) is 94.9 cm³/mol. The Kier molecular flexibility index (Phi) is 4.08. The highest BCUT2D eigenvalue weighted by Crippen LogP contribution is 2.33. The van der Waals surface area contributed by atoms with Crippen LogP contribution < -0.4 is 9.64 Å². The molecule has 0 aliphatic carbocycles. The van der Waals surface area contributed by atoms with Crippen molar-refractivity contribution in [1.29, 1.82) is 0 Å². The minimum atomic E-state index is -0.808. The van der Waals surface area contributed by atoms with Gasteiger partial charge < -0.3 is 4.74 Å². The lowest BCUT2D eigenvalue weighted by molar-refractivity contribution is -0.123. The highest BCUT2D eigenvalue weighted by molar-refractivity contribution is 6.30. The second kappa shape index (κ2) is 6.42. The minimum Gasteiger partial charge on any atom is -0.497 e. The van der Waals surface area contributed by atoms with Crippen molar-refractivity contribution in [3.63, 3.8) is 0 Å². The van der Waals surface area contributed by atoms with Gasteiger partial charge in [0.25, 0.3) is 11.8 Å². The zero-order valence-electron chi connectivity index (χ0n) is 13.9. The van der Waals surface area contributed by atoms with E-state index in [1.54, 1.807) is 48.5 Å². The topological polar surface area (TPSA) is 74.6 Å². The first-order valence-electron chi connectivity index (χ1n) is 8.02. The SMILES string of the molecule is COc1ccc(N2C(=O)[C@H]3N=NN(Cc4ccc(Cl)cc4)[C@H]3C2=O)cc1. The molecule has 2 aliphatic heterocycles. The Hall–Kier alpha value is -2.93. The number of anilines is 1. The first-order valence-corrected chi connectivity index (χ1v) is 8.40. The third kappa shape index (κ3) is 2.70. The van der Waals surface area contributed by atoms with E-state index in [2.05, 4.69) is 10.3 Å². The number of carbonyl (C=O) groups is 2. The smallest absolute Gasteiger partial charge is 0.263 e. The molecular formula is C18H15ClN4O3. The molecule has 1 saturated heterocycles. The van der Waals surface area contributed by atoms with Crippen LogP contribution in [0.3, 0.4) is 0 Å². The molecule has 132 valence electrons. The molecule has 1 fully saturated rings. The van der Waals surface area contributed by atoms with Crippen molar-refractivity contribution in [1.82, 2.24) is 5.01 Å². The summed E-state index contributed by atoms with van der Waals surface area (Å²) in [4.78, 5) is 26.7. The molecule has 2 heterocycles. The van der Waals surface area contributed by atoms with Crippen LogP contribution in [0.2, 0.25) is 5.02 Å². The van der Waals surface area contributed by atoms with Crippen LogP contribution >= 0.6 is 11.6 Å².